The van der Waals surface area contributed by atoms with Crippen LogP contribution in [-0.2, 0) is 4.79 Å². The molecular formula is C12H11ClN2OS2. The summed E-state index contributed by atoms with van der Waals surface area (Å²) in [6.07, 6.45) is 0.485. The number of amides is 1. The predicted octanol–water partition coefficient (Wildman–Crippen LogP) is 3.29. The number of carbonyl (C=O) groups is 1. The fraction of sp³-hybridized carbons (Fsp3) is 0.333. The maximum absolute atomic E-state index is 11.8. The molecule has 2 aromatic rings. The number of fused-ring (bicyclic) bond motifs is 1. The second kappa shape index (κ2) is 4.40. The number of halogens is 1. The highest BCUT2D eigenvalue weighted by atomic mass is 35.5. The minimum absolute atomic E-state index is 0.0952. The van der Waals surface area contributed by atoms with Gasteiger partial charge in [-0.3, -0.25) is 9.69 Å². The molecule has 1 amide bonds. The van der Waals surface area contributed by atoms with Gasteiger partial charge in [0.25, 0.3) is 0 Å². The number of anilines is 1. The summed E-state index contributed by atoms with van der Waals surface area (Å²) in [6.45, 7) is 2.58. The number of thiazole rings is 1. The van der Waals surface area contributed by atoms with Crippen LogP contribution in [0.3, 0.4) is 0 Å². The molecule has 18 heavy (non-hydrogen) atoms. The van der Waals surface area contributed by atoms with E-state index in [1.54, 1.807) is 4.90 Å². The minimum Gasteiger partial charge on any atom is -0.287 e. The Morgan fingerprint density at radius 1 is 1.56 bits per heavy atom. The van der Waals surface area contributed by atoms with E-state index >= 15 is 0 Å². The Morgan fingerprint density at radius 3 is 3.00 bits per heavy atom. The number of benzene rings is 1. The Balaban J connectivity index is 2.09. The third-order valence-electron chi connectivity index (χ3n) is 3.07. The van der Waals surface area contributed by atoms with Gasteiger partial charge in [-0.25, -0.2) is 4.98 Å². The molecule has 0 radical (unpaired) electrons. The van der Waals surface area contributed by atoms with Crippen molar-refractivity contribution in [2.24, 2.45) is 0 Å². The lowest BCUT2D eigenvalue weighted by atomic mass is 10.2. The molecule has 0 bridgehead atoms. The molecule has 1 unspecified atom stereocenters. The van der Waals surface area contributed by atoms with Gasteiger partial charge in [0, 0.05) is 23.2 Å². The molecule has 3 nitrogen and oxygen atoms in total. The van der Waals surface area contributed by atoms with E-state index in [0.717, 1.165) is 20.9 Å². The number of nitrogens with zero attached hydrogens (tertiary/aromatic N) is 2. The normalized spacial score (nSPS) is 20.1. The summed E-state index contributed by atoms with van der Waals surface area (Å²) in [7, 11) is 0. The molecule has 1 atom stereocenters. The summed E-state index contributed by atoms with van der Waals surface area (Å²) in [6, 6.07) is 3.82. The quantitative estimate of drug-likeness (QED) is 0.820. The number of hydrogen-bond acceptors (Lipinski definition) is 4. The van der Waals surface area contributed by atoms with Gasteiger partial charge in [0.2, 0.25) is 5.91 Å². The van der Waals surface area contributed by atoms with Crippen LogP contribution in [-0.4, -0.2) is 22.7 Å². The van der Waals surface area contributed by atoms with Gasteiger partial charge in [0.15, 0.2) is 5.13 Å². The summed E-state index contributed by atoms with van der Waals surface area (Å²) in [5.74, 6) is 0.0952. The molecular weight excluding hydrogens is 288 g/mol. The molecule has 0 aliphatic carbocycles. The topological polar surface area (TPSA) is 33.2 Å². The maximum Gasteiger partial charge on any atom is 0.229 e. The van der Waals surface area contributed by atoms with Crippen LogP contribution in [0.1, 0.15) is 12.0 Å². The lowest BCUT2D eigenvalue weighted by Gasteiger charge is -2.10. The van der Waals surface area contributed by atoms with Crippen molar-refractivity contribution in [1.82, 2.24) is 4.98 Å². The highest BCUT2D eigenvalue weighted by molar-refractivity contribution is 7.81. The van der Waals surface area contributed by atoms with Crippen LogP contribution in [0.25, 0.3) is 10.2 Å². The van der Waals surface area contributed by atoms with Crippen molar-refractivity contribution < 1.29 is 4.79 Å². The highest BCUT2D eigenvalue weighted by Crippen LogP contribution is 2.35. The van der Waals surface area contributed by atoms with E-state index in [-0.39, 0.29) is 11.2 Å². The van der Waals surface area contributed by atoms with Gasteiger partial charge in [0.05, 0.1) is 10.2 Å². The van der Waals surface area contributed by atoms with Crippen molar-refractivity contribution in [2.75, 3.05) is 11.4 Å². The Labute approximate surface area is 119 Å². The molecule has 1 aliphatic heterocycles. The standard InChI is InChI=1S/C12H11ClN2OS2/c1-6-8(13)2-3-9-11(6)14-12(18-9)15-5-7(17)4-10(15)16/h2-3,7,17H,4-5H2,1H3. The van der Waals surface area contributed by atoms with Crippen LogP contribution >= 0.6 is 35.6 Å². The summed E-state index contributed by atoms with van der Waals surface area (Å²) >= 11 is 12.0. The first-order valence-electron chi connectivity index (χ1n) is 5.60. The Morgan fingerprint density at radius 2 is 2.33 bits per heavy atom. The van der Waals surface area contributed by atoms with Gasteiger partial charge in [-0.15, -0.1) is 0 Å². The van der Waals surface area contributed by atoms with E-state index in [9.17, 15) is 4.79 Å². The van der Waals surface area contributed by atoms with Crippen molar-refractivity contribution >= 4 is 56.8 Å². The van der Waals surface area contributed by atoms with Gasteiger partial charge in [-0.1, -0.05) is 22.9 Å². The van der Waals surface area contributed by atoms with Crippen molar-refractivity contribution in [2.45, 2.75) is 18.6 Å². The summed E-state index contributed by atoms with van der Waals surface area (Å²) in [5, 5.41) is 1.56. The summed E-state index contributed by atoms with van der Waals surface area (Å²) < 4.78 is 1.06. The smallest absolute Gasteiger partial charge is 0.229 e. The van der Waals surface area contributed by atoms with E-state index in [1.165, 1.54) is 11.3 Å². The first-order chi connectivity index (χ1) is 8.56. The van der Waals surface area contributed by atoms with Gasteiger partial charge in [-0.05, 0) is 24.6 Å². The highest BCUT2D eigenvalue weighted by Gasteiger charge is 2.30. The van der Waals surface area contributed by atoms with Crippen molar-refractivity contribution in [1.29, 1.82) is 0 Å². The molecule has 3 rings (SSSR count). The zero-order chi connectivity index (χ0) is 12.9. The summed E-state index contributed by atoms with van der Waals surface area (Å²) in [4.78, 5) is 18.1. The molecule has 94 valence electrons. The number of rotatable bonds is 1. The van der Waals surface area contributed by atoms with Crippen LogP contribution in [0.4, 0.5) is 5.13 Å². The molecule has 1 aliphatic rings. The van der Waals surface area contributed by atoms with Crippen LogP contribution in [0.2, 0.25) is 5.02 Å². The predicted molar refractivity (Wildman–Crippen MR) is 79.1 cm³/mol. The number of thiol groups is 1. The molecule has 0 saturated carbocycles. The molecule has 1 aromatic carbocycles. The monoisotopic (exact) mass is 298 g/mol. The lowest BCUT2D eigenvalue weighted by molar-refractivity contribution is -0.117. The molecule has 1 aromatic heterocycles. The van der Waals surface area contributed by atoms with Crippen LogP contribution < -0.4 is 4.90 Å². The molecule has 2 heterocycles. The van der Waals surface area contributed by atoms with Gasteiger partial charge < -0.3 is 0 Å². The number of carbonyl (C=O) groups excluding carboxylic acids is 1. The van der Waals surface area contributed by atoms with Crippen LogP contribution in [0.5, 0.6) is 0 Å². The van der Waals surface area contributed by atoms with Crippen LogP contribution in [0.15, 0.2) is 12.1 Å². The average molecular weight is 299 g/mol. The fourth-order valence-electron chi connectivity index (χ4n) is 2.08. The van der Waals surface area contributed by atoms with E-state index in [1.807, 2.05) is 19.1 Å². The number of hydrogen-bond donors (Lipinski definition) is 1. The molecule has 6 heteroatoms. The van der Waals surface area contributed by atoms with Gasteiger partial charge in [0.1, 0.15) is 0 Å². The van der Waals surface area contributed by atoms with Crippen LogP contribution in [0, 0.1) is 6.92 Å². The third-order valence-corrected chi connectivity index (χ3v) is 4.87. The van der Waals surface area contributed by atoms with E-state index < -0.39 is 0 Å². The second-order valence-corrected chi connectivity index (χ2v) is 6.52. The first kappa shape index (κ1) is 12.3. The van der Waals surface area contributed by atoms with E-state index in [2.05, 4.69) is 17.6 Å². The van der Waals surface area contributed by atoms with E-state index in [4.69, 9.17) is 11.6 Å². The Hall–Kier alpha value is -0.780. The number of aryl methyl sites for hydroxylation is 1. The average Bonchev–Trinajstić information content (AvgIpc) is 2.87. The van der Waals surface area contributed by atoms with Gasteiger partial charge in [-0.2, -0.15) is 12.6 Å². The second-order valence-electron chi connectivity index (χ2n) is 4.38. The lowest BCUT2D eigenvalue weighted by Crippen LogP contribution is -2.24. The fourth-order valence-corrected chi connectivity index (χ4v) is 3.60. The molecule has 1 fully saturated rings. The SMILES string of the molecule is Cc1c(Cl)ccc2sc(N3CC(S)CC3=O)nc12. The molecule has 0 spiro atoms. The Bertz CT molecular complexity index is 640. The van der Waals surface area contributed by atoms with Crippen molar-refractivity contribution in [3.05, 3.63) is 22.7 Å². The molecule has 0 N–H and O–H groups in total. The largest absolute Gasteiger partial charge is 0.287 e. The van der Waals surface area contributed by atoms with E-state index in [0.29, 0.717) is 18.0 Å². The molecule has 1 saturated heterocycles. The zero-order valence-corrected chi connectivity index (χ0v) is 12.1. The first-order valence-corrected chi connectivity index (χ1v) is 7.31. The van der Waals surface area contributed by atoms with Gasteiger partial charge >= 0.3 is 0 Å². The minimum atomic E-state index is 0.0952. The van der Waals surface area contributed by atoms with Crippen molar-refractivity contribution in [3.63, 3.8) is 0 Å². The maximum atomic E-state index is 11.8. The number of aromatic nitrogens is 1. The summed E-state index contributed by atoms with van der Waals surface area (Å²) in [5.41, 5.74) is 1.85. The van der Waals surface area contributed by atoms with Crippen molar-refractivity contribution in [3.8, 4) is 0 Å². The zero-order valence-electron chi connectivity index (χ0n) is 9.68. The third kappa shape index (κ3) is 1.90. The Kier molecular flexibility index (Phi) is 3.00.